The van der Waals surface area contributed by atoms with Gasteiger partial charge in [0.1, 0.15) is 4.32 Å². The van der Waals surface area contributed by atoms with Gasteiger partial charge in [0.15, 0.2) is 0 Å². The van der Waals surface area contributed by atoms with E-state index in [1.807, 2.05) is 0 Å². The molecule has 0 aromatic carbocycles. The first-order valence-corrected chi connectivity index (χ1v) is 10.9. The van der Waals surface area contributed by atoms with Crippen molar-refractivity contribution in [2.24, 2.45) is 5.73 Å². The molecule has 0 saturated heterocycles. The van der Waals surface area contributed by atoms with E-state index < -0.39 is 0 Å². The fraction of sp³-hybridized carbons (Fsp3) is 0.941. The normalized spacial score (nSPS) is 11.0. The molecular formula is C17H37CuNS2. The number of nitrogens with two attached hydrogens (primary N) is 1. The molecule has 0 aromatic heterocycles. The molecule has 0 saturated carbocycles. The molecule has 0 atom stereocenters. The molecule has 0 aliphatic rings. The minimum absolute atomic E-state index is 0. The molecule has 0 amide bonds. The van der Waals surface area contributed by atoms with Crippen molar-refractivity contribution >= 4 is 27.4 Å². The summed E-state index contributed by atoms with van der Waals surface area (Å²) in [7, 11) is -0.159. The van der Waals surface area contributed by atoms with E-state index in [2.05, 4.69) is 13.8 Å². The molecule has 21 heavy (non-hydrogen) atoms. The van der Waals surface area contributed by atoms with Gasteiger partial charge in [-0.05, 0) is 24.3 Å². The molecule has 0 aromatic rings. The first-order valence-electron chi connectivity index (χ1n) is 8.76. The summed E-state index contributed by atoms with van der Waals surface area (Å²) < 4.78 is 0.821. The Kier molecular flexibility index (Phi) is 21.5. The molecule has 0 heterocycles. The van der Waals surface area contributed by atoms with Crippen molar-refractivity contribution < 1.29 is 17.1 Å². The van der Waals surface area contributed by atoms with Gasteiger partial charge in [-0.2, -0.15) is 0 Å². The molecule has 0 aliphatic heterocycles. The molecule has 0 bridgehead atoms. The Labute approximate surface area is 152 Å². The molecule has 0 rings (SSSR count). The smallest absolute Gasteiger partial charge is 0.111 e. The van der Waals surface area contributed by atoms with Crippen molar-refractivity contribution in [2.45, 2.75) is 90.9 Å². The minimum Gasteiger partial charge on any atom is -0.386 e. The average molecular weight is 383 g/mol. The van der Waals surface area contributed by atoms with E-state index >= 15 is 0 Å². The number of unbranched alkanes of at least 4 members (excludes halogenated alkanes) is 10. The van der Waals surface area contributed by atoms with Gasteiger partial charge < -0.3 is 5.73 Å². The summed E-state index contributed by atoms with van der Waals surface area (Å²) in [4.78, 5) is 0. The number of thiocarbonyl (C=S) groups is 1. The summed E-state index contributed by atoms with van der Waals surface area (Å²) in [6.45, 7) is 4.54. The Morgan fingerprint density at radius 1 is 0.714 bits per heavy atom. The maximum atomic E-state index is 5.92. The molecule has 0 fully saturated rings. The van der Waals surface area contributed by atoms with E-state index in [1.165, 1.54) is 88.6 Å². The number of hydrogen-bond donors (Lipinski definition) is 2. The second kappa shape index (κ2) is 18.8. The summed E-state index contributed by atoms with van der Waals surface area (Å²) in [6.07, 6.45) is 16.5. The van der Waals surface area contributed by atoms with Crippen LogP contribution in [0.15, 0.2) is 0 Å². The standard InChI is InChI=1S/C17H37NS2.Cu/c1-3-5-7-9-11-13-15-20(17(18)19)16-14-12-10-8-6-4-2;/h20H,3-16H2,1-2H3,(H2,18,19);. The van der Waals surface area contributed by atoms with Crippen LogP contribution in [0, 0.1) is 0 Å². The van der Waals surface area contributed by atoms with E-state index in [-0.39, 0.29) is 28.0 Å². The fourth-order valence-corrected chi connectivity index (χ4v) is 4.92. The molecule has 0 spiro atoms. The van der Waals surface area contributed by atoms with Crippen molar-refractivity contribution in [1.29, 1.82) is 0 Å². The zero-order valence-electron chi connectivity index (χ0n) is 14.1. The van der Waals surface area contributed by atoms with Crippen molar-refractivity contribution in [3.8, 4) is 0 Å². The Morgan fingerprint density at radius 2 is 1.05 bits per heavy atom. The zero-order valence-corrected chi connectivity index (χ0v) is 16.8. The Hall–Kier alpha value is 0.759. The quantitative estimate of drug-likeness (QED) is 0.168. The Bertz CT molecular complexity index is 209. The summed E-state index contributed by atoms with van der Waals surface area (Å²) in [5, 5.41) is 0. The van der Waals surface area contributed by atoms with Gasteiger partial charge in [-0.1, -0.05) is 90.3 Å². The van der Waals surface area contributed by atoms with Gasteiger partial charge >= 0.3 is 0 Å². The minimum atomic E-state index is -0.159. The van der Waals surface area contributed by atoms with Gasteiger partial charge in [-0.15, -0.1) is 0 Å². The summed E-state index contributed by atoms with van der Waals surface area (Å²) in [5.41, 5.74) is 5.92. The predicted molar refractivity (Wildman–Crippen MR) is 102 cm³/mol. The third kappa shape index (κ3) is 17.0. The van der Waals surface area contributed by atoms with Crippen LogP contribution < -0.4 is 5.73 Å². The molecular weight excluding hydrogens is 346 g/mol. The average Bonchev–Trinajstić information content (AvgIpc) is 2.43. The third-order valence-corrected chi connectivity index (χ3v) is 6.98. The monoisotopic (exact) mass is 382 g/mol. The summed E-state index contributed by atoms with van der Waals surface area (Å²) in [6, 6.07) is 0. The first kappa shape index (κ1) is 24.0. The molecule has 0 unspecified atom stereocenters. The van der Waals surface area contributed by atoms with Crippen LogP contribution in [0.4, 0.5) is 0 Å². The topological polar surface area (TPSA) is 26.0 Å². The van der Waals surface area contributed by atoms with Crippen LogP contribution >= 0.6 is 23.1 Å². The van der Waals surface area contributed by atoms with Crippen LogP contribution in [-0.4, -0.2) is 15.8 Å². The maximum absolute atomic E-state index is 5.92. The molecule has 1 nitrogen and oxygen atoms in total. The van der Waals surface area contributed by atoms with Gasteiger partial charge in [0.2, 0.25) is 0 Å². The Balaban J connectivity index is 0. The maximum Gasteiger partial charge on any atom is 0.111 e. The van der Waals surface area contributed by atoms with Crippen molar-refractivity contribution in [2.75, 3.05) is 11.5 Å². The largest absolute Gasteiger partial charge is 0.386 e. The first-order chi connectivity index (χ1) is 9.72. The number of rotatable bonds is 14. The van der Waals surface area contributed by atoms with Crippen LogP contribution in [0.3, 0.4) is 0 Å². The van der Waals surface area contributed by atoms with Crippen LogP contribution in [0.5, 0.6) is 0 Å². The molecule has 133 valence electrons. The van der Waals surface area contributed by atoms with E-state index in [0.29, 0.717) is 0 Å². The summed E-state index contributed by atoms with van der Waals surface area (Å²) >= 11 is 5.26. The van der Waals surface area contributed by atoms with Crippen LogP contribution in [0.1, 0.15) is 90.9 Å². The van der Waals surface area contributed by atoms with Crippen LogP contribution in [-0.2, 0) is 17.1 Å². The van der Waals surface area contributed by atoms with Gasteiger partial charge in [0, 0.05) is 17.1 Å². The van der Waals surface area contributed by atoms with Crippen LogP contribution in [0.25, 0.3) is 0 Å². The second-order valence-electron chi connectivity index (χ2n) is 5.86. The van der Waals surface area contributed by atoms with Crippen molar-refractivity contribution in [3.63, 3.8) is 0 Å². The van der Waals surface area contributed by atoms with E-state index in [1.54, 1.807) is 0 Å². The van der Waals surface area contributed by atoms with Gasteiger partial charge in [0.25, 0.3) is 0 Å². The van der Waals surface area contributed by atoms with Gasteiger partial charge in [0.05, 0.1) is 0 Å². The second-order valence-corrected chi connectivity index (χ2v) is 9.06. The van der Waals surface area contributed by atoms with Crippen LogP contribution in [0.2, 0.25) is 0 Å². The molecule has 2 N–H and O–H groups in total. The van der Waals surface area contributed by atoms with Gasteiger partial charge in [-0.3, -0.25) is 0 Å². The number of hydrogen-bond acceptors (Lipinski definition) is 1. The Morgan fingerprint density at radius 3 is 1.38 bits per heavy atom. The molecule has 4 heteroatoms. The van der Waals surface area contributed by atoms with E-state index in [4.69, 9.17) is 18.0 Å². The van der Waals surface area contributed by atoms with Gasteiger partial charge in [-0.25, -0.2) is 10.9 Å². The van der Waals surface area contributed by atoms with Crippen molar-refractivity contribution in [3.05, 3.63) is 0 Å². The SMILES string of the molecule is CCCCCCCC[SH](CCCCCCCC)C(N)=S.[Cu]. The fourth-order valence-electron chi connectivity index (χ4n) is 2.50. The van der Waals surface area contributed by atoms with E-state index in [9.17, 15) is 0 Å². The summed E-state index contributed by atoms with van der Waals surface area (Å²) in [5.74, 6) is 2.57. The number of thiol groups is 1. The van der Waals surface area contributed by atoms with Crippen molar-refractivity contribution in [1.82, 2.24) is 0 Å². The third-order valence-electron chi connectivity index (χ3n) is 3.87. The zero-order chi connectivity index (χ0) is 15.1. The molecule has 1 radical (unpaired) electrons. The molecule has 0 aliphatic carbocycles. The predicted octanol–water partition coefficient (Wildman–Crippen LogP) is 5.95. The van der Waals surface area contributed by atoms with E-state index in [0.717, 1.165) is 4.32 Å².